The summed E-state index contributed by atoms with van der Waals surface area (Å²) in [6, 6.07) is 2.19. The number of rotatable bonds is 7. The van der Waals surface area contributed by atoms with Crippen LogP contribution in [0.5, 0.6) is 0 Å². The van der Waals surface area contributed by atoms with E-state index in [1.807, 2.05) is 26.8 Å². The Balaban J connectivity index is 1.86. The molecular weight excluding hydrogens is 390 g/mol. The first kappa shape index (κ1) is 21.0. The van der Waals surface area contributed by atoms with Crippen molar-refractivity contribution in [2.24, 2.45) is 0 Å². The van der Waals surface area contributed by atoms with Gasteiger partial charge in [-0.3, -0.25) is 4.79 Å². The number of methoxy groups -OCH3 is 1. The number of aryl methyl sites for hydroxylation is 4. The molecule has 5 nitrogen and oxygen atoms in total. The molecule has 0 spiro atoms. The van der Waals surface area contributed by atoms with Crippen molar-refractivity contribution in [3.63, 3.8) is 0 Å². The van der Waals surface area contributed by atoms with Crippen molar-refractivity contribution in [3.05, 3.63) is 39.3 Å². The van der Waals surface area contributed by atoms with Gasteiger partial charge in [0.25, 0.3) is 0 Å². The van der Waals surface area contributed by atoms with E-state index in [0.29, 0.717) is 12.4 Å². The molecule has 28 heavy (non-hydrogen) atoms. The summed E-state index contributed by atoms with van der Waals surface area (Å²) in [5, 5.41) is 1.99. The monoisotopic (exact) mass is 417 g/mol. The number of fused-ring (bicyclic) bond motifs is 1. The first-order valence-corrected chi connectivity index (χ1v) is 11.1. The predicted octanol–water partition coefficient (Wildman–Crippen LogP) is 5.22. The van der Waals surface area contributed by atoms with Gasteiger partial charge in [0.1, 0.15) is 15.7 Å². The van der Waals surface area contributed by atoms with Crippen LogP contribution in [0, 0.1) is 34.6 Å². The molecule has 3 aromatic heterocycles. The molecule has 0 radical (unpaired) electrons. The van der Waals surface area contributed by atoms with Crippen molar-refractivity contribution >= 4 is 39.1 Å². The number of thiophene rings is 1. The van der Waals surface area contributed by atoms with E-state index >= 15 is 0 Å². The van der Waals surface area contributed by atoms with Gasteiger partial charge in [0.2, 0.25) is 0 Å². The number of ether oxygens (including phenoxy) is 1. The van der Waals surface area contributed by atoms with Crippen LogP contribution in [-0.4, -0.2) is 39.8 Å². The van der Waals surface area contributed by atoms with Crippen LogP contribution in [0.15, 0.2) is 11.1 Å². The van der Waals surface area contributed by atoms with Gasteiger partial charge in [0.05, 0.1) is 18.4 Å². The Morgan fingerprint density at radius 3 is 2.64 bits per heavy atom. The number of carbonyl (C=O) groups is 1. The molecule has 0 bridgehead atoms. The van der Waals surface area contributed by atoms with Crippen molar-refractivity contribution < 1.29 is 9.53 Å². The van der Waals surface area contributed by atoms with Crippen LogP contribution in [-0.2, 0) is 4.74 Å². The molecule has 1 atom stereocenters. The number of thioether (sulfide) groups is 1. The minimum absolute atomic E-state index is 0.128. The number of hydrogen-bond acceptors (Lipinski definition) is 6. The molecule has 0 aliphatic heterocycles. The van der Waals surface area contributed by atoms with Crippen LogP contribution in [0.2, 0.25) is 0 Å². The van der Waals surface area contributed by atoms with Gasteiger partial charge in [-0.25, -0.2) is 9.97 Å². The fourth-order valence-electron chi connectivity index (χ4n) is 3.68. The molecule has 3 rings (SSSR count). The number of hydrogen-bond donors (Lipinski definition) is 0. The summed E-state index contributed by atoms with van der Waals surface area (Å²) in [4.78, 5) is 24.4. The average molecular weight is 418 g/mol. The standard InChI is InChI=1S/C21H27N3O2S2/c1-11-8-17(14(4)24(11)12(2)9-26-7)18(25)10-27-20-19-13(3)15(5)28-21(19)23-16(6)22-20/h8,12H,9-10H2,1-7H3/t12-/m0/s1. The fourth-order valence-corrected chi connectivity index (χ4v) is 5.84. The third-order valence-corrected chi connectivity index (χ3v) is 7.16. The van der Waals surface area contributed by atoms with Crippen molar-refractivity contribution in [2.75, 3.05) is 19.5 Å². The van der Waals surface area contributed by atoms with E-state index < -0.39 is 0 Å². The number of carbonyl (C=O) groups excluding carboxylic acids is 1. The highest BCUT2D eigenvalue weighted by Crippen LogP contribution is 2.35. The van der Waals surface area contributed by atoms with Crippen LogP contribution < -0.4 is 0 Å². The highest BCUT2D eigenvalue weighted by molar-refractivity contribution is 8.00. The topological polar surface area (TPSA) is 57.0 Å². The zero-order chi connectivity index (χ0) is 20.6. The van der Waals surface area contributed by atoms with Crippen LogP contribution in [0.4, 0.5) is 0 Å². The molecule has 0 saturated heterocycles. The van der Waals surface area contributed by atoms with Gasteiger partial charge >= 0.3 is 0 Å². The highest BCUT2D eigenvalue weighted by Gasteiger charge is 2.20. The summed E-state index contributed by atoms with van der Waals surface area (Å²) in [5.74, 6) is 1.24. The van der Waals surface area contributed by atoms with Crippen LogP contribution in [0.3, 0.4) is 0 Å². The Labute approximate surface area is 174 Å². The van der Waals surface area contributed by atoms with E-state index in [-0.39, 0.29) is 11.8 Å². The molecule has 0 N–H and O–H groups in total. The lowest BCUT2D eigenvalue weighted by Gasteiger charge is -2.17. The number of ketones is 1. The predicted molar refractivity (Wildman–Crippen MR) is 117 cm³/mol. The molecule has 0 fully saturated rings. The van der Waals surface area contributed by atoms with E-state index in [0.717, 1.165) is 38.0 Å². The summed E-state index contributed by atoms with van der Waals surface area (Å²) in [6.07, 6.45) is 0. The van der Waals surface area contributed by atoms with Gasteiger partial charge in [0, 0.05) is 34.3 Å². The molecule has 0 amide bonds. The lowest BCUT2D eigenvalue weighted by atomic mass is 10.2. The maximum atomic E-state index is 13.0. The van der Waals surface area contributed by atoms with E-state index in [1.165, 1.54) is 22.2 Å². The van der Waals surface area contributed by atoms with Gasteiger partial charge < -0.3 is 9.30 Å². The Morgan fingerprint density at radius 2 is 1.96 bits per heavy atom. The maximum absolute atomic E-state index is 13.0. The second-order valence-corrected chi connectivity index (χ2v) is 9.38. The first-order chi connectivity index (χ1) is 13.2. The second-order valence-electron chi connectivity index (χ2n) is 7.21. The summed E-state index contributed by atoms with van der Waals surface area (Å²) < 4.78 is 7.47. The quantitative estimate of drug-likeness (QED) is 0.300. The summed E-state index contributed by atoms with van der Waals surface area (Å²) >= 11 is 3.20. The molecule has 7 heteroatoms. The zero-order valence-corrected chi connectivity index (χ0v) is 19.2. The largest absolute Gasteiger partial charge is 0.383 e. The second kappa shape index (κ2) is 8.35. The Kier molecular flexibility index (Phi) is 6.27. The zero-order valence-electron chi connectivity index (χ0n) is 17.5. The van der Waals surface area contributed by atoms with Crippen LogP contribution in [0.1, 0.15) is 51.0 Å². The smallest absolute Gasteiger partial charge is 0.174 e. The molecule has 0 unspecified atom stereocenters. The maximum Gasteiger partial charge on any atom is 0.174 e. The minimum atomic E-state index is 0.128. The van der Waals surface area contributed by atoms with Crippen molar-refractivity contribution in [3.8, 4) is 0 Å². The molecule has 150 valence electrons. The highest BCUT2D eigenvalue weighted by atomic mass is 32.2. The number of nitrogens with zero attached hydrogens (tertiary/aromatic N) is 3. The van der Waals surface area contributed by atoms with Crippen molar-refractivity contribution in [2.45, 2.75) is 52.6 Å². The minimum Gasteiger partial charge on any atom is -0.383 e. The molecule has 3 heterocycles. The van der Waals surface area contributed by atoms with E-state index in [9.17, 15) is 4.79 Å². The van der Waals surface area contributed by atoms with Gasteiger partial charge in [-0.1, -0.05) is 11.8 Å². The van der Waals surface area contributed by atoms with Crippen LogP contribution in [0.25, 0.3) is 10.2 Å². The normalized spacial score (nSPS) is 12.7. The SMILES string of the molecule is COC[C@H](C)n1c(C)cc(C(=O)CSc2nc(C)nc3sc(C)c(C)c23)c1C. The first-order valence-electron chi connectivity index (χ1n) is 9.32. The number of aromatic nitrogens is 3. The van der Waals surface area contributed by atoms with Gasteiger partial charge in [-0.15, -0.1) is 11.3 Å². The molecule has 0 aliphatic carbocycles. The summed E-state index contributed by atoms with van der Waals surface area (Å²) in [5.41, 5.74) is 4.08. The van der Waals surface area contributed by atoms with Gasteiger partial charge in [-0.05, 0) is 53.2 Å². The Hall–Kier alpha value is -1.70. The van der Waals surface area contributed by atoms with Crippen molar-refractivity contribution in [1.29, 1.82) is 0 Å². The third-order valence-electron chi connectivity index (χ3n) is 5.08. The van der Waals surface area contributed by atoms with Gasteiger partial charge in [0.15, 0.2) is 5.78 Å². The summed E-state index contributed by atoms with van der Waals surface area (Å²) in [7, 11) is 1.70. The van der Waals surface area contributed by atoms with Crippen molar-refractivity contribution in [1.82, 2.24) is 14.5 Å². The van der Waals surface area contributed by atoms with E-state index in [4.69, 9.17) is 4.74 Å². The molecule has 0 saturated carbocycles. The van der Waals surface area contributed by atoms with Crippen LogP contribution >= 0.6 is 23.1 Å². The Bertz CT molecular complexity index is 1040. The Morgan fingerprint density at radius 1 is 1.25 bits per heavy atom. The molecule has 3 aromatic rings. The molecule has 0 aromatic carbocycles. The third kappa shape index (κ3) is 3.88. The average Bonchev–Trinajstić information content (AvgIpc) is 3.08. The van der Waals surface area contributed by atoms with E-state index in [1.54, 1.807) is 18.4 Å². The lowest BCUT2D eigenvalue weighted by molar-refractivity contribution is 0.102. The molecule has 0 aliphatic rings. The summed E-state index contributed by atoms with van der Waals surface area (Å²) in [6.45, 7) is 12.9. The van der Waals surface area contributed by atoms with Gasteiger partial charge in [-0.2, -0.15) is 0 Å². The number of Topliss-reactive ketones (excluding diaryl/α,β-unsaturated/α-hetero) is 1. The molecular formula is C21H27N3O2S2. The van der Waals surface area contributed by atoms with E-state index in [2.05, 4.69) is 35.3 Å². The fraction of sp³-hybridized carbons (Fsp3) is 0.476. The lowest BCUT2D eigenvalue weighted by Crippen LogP contribution is -2.14.